The Bertz CT molecular complexity index is 939. The molecule has 2 aromatic heterocycles. The number of rotatable bonds is 7. The molecular weight excluding hydrogens is 416 g/mol. The maximum absolute atomic E-state index is 13.5. The molecule has 1 aromatic carbocycles. The van der Waals surface area contributed by atoms with Crippen molar-refractivity contribution in [2.45, 2.75) is 50.7 Å². The van der Waals surface area contributed by atoms with E-state index in [4.69, 9.17) is 0 Å². The van der Waals surface area contributed by atoms with E-state index >= 15 is 0 Å². The molecule has 0 spiro atoms. The minimum atomic E-state index is -0.732. The maximum atomic E-state index is 13.5. The van der Waals surface area contributed by atoms with Gasteiger partial charge >= 0.3 is 0 Å². The lowest BCUT2D eigenvalue weighted by atomic mass is 9.94. The Kier molecular flexibility index (Phi) is 6.86. The minimum absolute atomic E-state index is 0.138. The molecule has 0 radical (unpaired) electrons. The molecule has 2 amide bonds. The molecule has 156 valence electrons. The van der Waals surface area contributed by atoms with Gasteiger partial charge in [0.15, 0.2) is 5.69 Å². The van der Waals surface area contributed by atoms with Crippen LogP contribution in [0.2, 0.25) is 0 Å². The summed E-state index contributed by atoms with van der Waals surface area (Å²) in [4.78, 5) is 29.6. The van der Waals surface area contributed by atoms with E-state index in [1.54, 1.807) is 16.2 Å². The van der Waals surface area contributed by atoms with Gasteiger partial charge in [0.1, 0.15) is 6.04 Å². The van der Waals surface area contributed by atoms with Gasteiger partial charge in [-0.1, -0.05) is 55.7 Å². The Balaban J connectivity index is 1.68. The van der Waals surface area contributed by atoms with E-state index in [1.165, 1.54) is 12.6 Å². The van der Waals surface area contributed by atoms with Crippen molar-refractivity contribution in [3.63, 3.8) is 0 Å². The highest BCUT2D eigenvalue weighted by Gasteiger charge is 2.34. The van der Waals surface area contributed by atoms with E-state index in [2.05, 4.69) is 14.1 Å². The van der Waals surface area contributed by atoms with E-state index < -0.39 is 6.04 Å². The van der Waals surface area contributed by atoms with Crippen LogP contribution in [0, 0.1) is 0 Å². The van der Waals surface area contributed by atoms with Gasteiger partial charge in [0.25, 0.3) is 5.91 Å². The topological polar surface area (TPSA) is 75.2 Å². The Morgan fingerprint density at radius 2 is 1.90 bits per heavy atom. The summed E-state index contributed by atoms with van der Waals surface area (Å²) in [6.45, 7) is 0.339. The second-order valence-corrected chi connectivity index (χ2v) is 9.05. The lowest BCUT2D eigenvalue weighted by molar-refractivity contribution is -0.127. The number of nitrogens with one attached hydrogen (secondary N) is 1. The number of hydrogen-bond donors (Lipinski definition) is 1. The Morgan fingerprint density at radius 1 is 1.10 bits per heavy atom. The van der Waals surface area contributed by atoms with Crippen molar-refractivity contribution >= 4 is 34.9 Å². The van der Waals surface area contributed by atoms with Crippen LogP contribution in [-0.4, -0.2) is 31.5 Å². The van der Waals surface area contributed by atoms with E-state index in [-0.39, 0.29) is 23.6 Å². The zero-order valence-electron chi connectivity index (χ0n) is 16.6. The second kappa shape index (κ2) is 9.95. The van der Waals surface area contributed by atoms with Crippen LogP contribution in [0.4, 0.5) is 0 Å². The van der Waals surface area contributed by atoms with E-state index in [0.717, 1.165) is 47.9 Å². The molecule has 1 N–H and O–H groups in total. The average Bonchev–Trinajstić information content (AvgIpc) is 3.49. The van der Waals surface area contributed by atoms with Gasteiger partial charge in [-0.3, -0.25) is 9.59 Å². The van der Waals surface area contributed by atoms with Crippen molar-refractivity contribution in [2.75, 3.05) is 0 Å². The van der Waals surface area contributed by atoms with Crippen LogP contribution >= 0.6 is 23.1 Å². The monoisotopic (exact) mass is 440 g/mol. The number of nitrogens with zero attached hydrogens (tertiary/aromatic N) is 3. The second-order valence-electron chi connectivity index (χ2n) is 7.46. The van der Waals surface area contributed by atoms with Crippen molar-refractivity contribution in [3.05, 3.63) is 70.2 Å². The van der Waals surface area contributed by atoms with Gasteiger partial charge in [-0.15, -0.1) is 11.3 Å². The van der Waals surface area contributed by atoms with Crippen LogP contribution in [0.1, 0.15) is 59.1 Å². The number of aromatic nitrogens is 2. The first kappa shape index (κ1) is 20.7. The summed E-state index contributed by atoms with van der Waals surface area (Å²) in [5.74, 6) is -0.425. The number of hydrogen-bond acceptors (Lipinski definition) is 6. The predicted molar refractivity (Wildman–Crippen MR) is 118 cm³/mol. The molecule has 6 nitrogen and oxygen atoms in total. The Hall–Kier alpha value is -2.58. The molecule has 0 bridgehead atoms. The van der Waals surface area contributed by atoms with Gasteiger partial charge in [0.05, 0.1) is 24.5 Å². The molecule has 1 saturated carbocycles. The summed E-state index contributed by atoms with van der Waals surface area (Å²) in [6.07, 6.45) is 6.92. The SMILES string of the molecule is O=C(NC1CCCCC1)C(c1ccccc1)N(Cc1cccs1)C(=O)c1cnsn1. The van der Waals surface area contributed by atoms with Crippen molar-refractivity contribution in [1.82, 2.24) is 19.0 Å². The molecule has 1 atom stereocenters. The van der Waals surface area contributed by atoms with Crippen molar-refractivity contribution in [1.29, 1.82) is 0 Å². The number of carbonyl (C=O) groups excluding carboxylic acids is 2. The molecule has 4 rings (SSSR count). The van der Waals surface area contributed by atoms with Gasteiger partial charge in [0.2, 0.25) is 5.91 Å². The summed E-state index contributed by atoms with van der Waals surface area (Å²) in [7, 11) is 0. The summed E-state index contributed by atoms with van der Waals surface area (Å²) >= 11 is 2.56. The van der Waals surface area contributed by atoms with Crippen LogP contribution in [0.5, 0.6) is 0 Å². The Labute approximate surface area is 184 Å². The summed E-state index contributed by atoms with van der Waals surface area (Å²) < 4.78 is 8.11. The van der Waals surface area contributed by atoms with Crippen molar-refractivity contribution < 1.29 is 9.59 Å². The van der Waals surface area contributed by atoms with Gasteiger partial charge in [-0.05, 0) is 29.9 Å². The first-order valence-corrected chi connectivity index (χ1v) is 11.8. The molecule has 0 aliphatic heterocycles. The van der Waals surface area contributed by atoms with Crippen LogP contribution in [0.15, 0.2) is 54.0 Å². The largest absolute Gasteiger partial charge is 0.351 e. The van der Waals surface area contributed by atoms with Crippen molar-refractivity contribution in [2.24, 2.45) is 0 Å². The molecule has 0 saturated heterocycles. The molecule has 8 heteroatoms. The smallest absolute Gasteiger partial charge is 0.276 e. The summed E-state index contributed by atoms with van der Waals surface area (Å²) in [5.41, 5.74) is 1.06. The molecule has 1 fully saturated rings. The summed E-state index contributed by atoms with van der Waals surface area (Å²) in [5, 5.41) is 5.19. The van der Waals surface area contributed by atoms with Crippen LogP contribution < -0.4 is 5.32 Å². The van der Waals surface area contributed by atoms with Gasteiger partial charge in [-0.25, -0.2) is 0 Å². The average molecular weight is 441 g/mol. The molecule has 3 aromatic rings. The Morgan fingerprint density at radius 3 is 2.57 bits per heavy atom. The third kappa shape index (κ3) is 4.94. The molecule has 1 aliphatic carbocycles. The molecule has 1 unspecified atom stereocenters. The number of benzene rings is 1. The van der Waals surface area contributed by atoms with Gasteiger partial charge in [-0.2, -0.15) is 8.75 Å². The first-order valence-electron chi connectivity index (χ1n) is 10.2. The first-order chi connectivity index (χ1) is 14.7. The fourth-order valence-corrected chi connectivity index (χ4v) is 5.00. The predicted octanol–water partition coefficient (Wildman–Crippen LogP) is 4.43. The third-order valence-corrected chi connectivity index (χ3v) is 6.71. The molecule has 1 aliphatic rings. The fourth-order valence-electron chi connectivity index (χ4n) is 3.89. The fraction of sp³-hybridized carbons (Fsp3) is 0.364. The lowest BCUT2D eigenvalue weighted by Crippen LogP contribution is -2.46. The third-order valence-electron chi connectivity index (χ3n) is 5.37. The van der Waals surface area contributed by atoms with E-state index in [0.29, 0.717) is 6.54 Å². The normalized spacial score (nSPS) is 15.5. The summed E-state index contributed by atoms with van der Waals surface area (Å²) in [6, 6.07) is 12.9. The standard InChI is InChI=1S/C22H24N4O2S2/c27-21(24-17-10-5-2-6-11-17)20(16-8-3-1-4-9-16)26(15-18-12-7-13-29-18)22(28)19-14-23-30-25-19/h1,3-4,7-9,12-14,17,20H,2,5-6,10-11,15H2,(H,24,27). The molecular formula is C22H24N4O2S2. The number of thiophene rings is 1. The van der Waals surface area contributed by atoms with Crippen molar-refractivity contribution in [3.8, 4) is 0 Å². The van der Waals surface area contributed by atoms with Gasteiger partial charge < -0.3 is 10.2 Å². The van der Waals surface area contributed by atoms with E-state index in [9.17, 15) is 9.59 Å². The lowest BCUT2D eigenvalue weighted by Gasteiger charge is -2.32. The minimum Gasteiger partial charge on any atom is -0.351 e. The number of carbonyl (C=O) groups is 2. The van der Waals surface area contributed by atoms with E-state index in [1.807, 2.05) is 47.8 Å². The zero-order valence-corrected chi connectivity index (χ0v) is 18.2. The van der Waals surface area contributed by atoms with Gasteiger partial charge in [0, 0.05) is 10.9 Å². The molecule has 30 heavy (non-hydrogen) atoms. The maximum Gasteiger partial charge on any atom is 0.276 e. The highest BCUT2D eigenvalue weighted by Crippen LogP contribution is 2.28. The zero-order chi connectivity index (χ0) is 20.8. The highest BCUT2D eigenvalue weighted by molar-refractivity contribution is 7.09. The molecule has 2 heterocycles. The van der Waals surface area contributed by atoms with Crippen LogP contribution in [0.3, 0.4) is 0 Å². The quantitative estimate of drug-likeness (QED) is 0.590. The van der Waals surface area contributed by atoms with Crippen LogP contribution in [0.25, 0.3) is 0 Å². The highest BCUT2D eigenvalue weighted by atomic mass is 32.1. The van der Waals surface area contributed by atoms with Crippen LogP contribution in [-0.2, 0) is 11.3 Å². The number of amides is 2.